The van der Waals surface area contributed by atoms with Gasteiger partial charge in [-0.3, -0.25) is 9.80 Å². The molecular weight excluding hydrogens is 530 g/mol. The van der Waals surface area contributed by atoms with Crippen molar-refractivity contribution < 1.29 is 23.0 Å². The van der Waals surface area contributed by atoms with Crippen LogP contribution in [0.15, 0.2) is 18.1 Å². The van der Waals surface area contributed by atoms with Crippen LogP contribution in [0, 0.1) is 5.82 Å². The molecule has 4 saturated heterocycles. The van der Waals surface area contributed by atoms with Crippen molar-refractivity contribution in [1.82, 2.24) is 24.8 Å². The number of anilines is 1. The van der Waals surface area contributed by atoms with E-state index in [4.69, 9.17) is 26.1 Å². The Kier molecular flexibility index (Phi) is 6.57. The first-order valence-corrected chi connectivity index (χ1v) is 13.9. The molecule has 2 aromatic heterocycles. The summed E-state index contributed by atoms with van der Waals surface area (Å²) in [4.78, 5) is 32.2. The molecule has 2 bridgehead atoms. The molecule has 9 nitrogen and oxygen atoms in total. The minimum absolute atomic E-state index is 0.0356. The molecule has 0 radical (unpaired) electrons. The molecule has 0 spiro atoms. The minimum Gasteiger partial charge on any atom is -0.461 e. The topological polar surface area (TPSA) is 83.9 Å². The maximum absolute atomic E-state index is 15.2. The molecule has 3 atom stereocenters. The van der Waals surface area contributed by atoms with Gasteiger partial charge in [-0.2, -0.15) is 9.97 Å². The molecule has 210 valence electrons. The standard InChI is InChI=1S/C27H33ClF2N6O3/c1-26(2,3)39-25(37)36-17-5-6-18(36)14-34(13-17)23-19-11-31-22(28)20(30)21(19)32-24(33-23)38-15-27-7-4-8-35(27)12-16(9-27)10-29/h10-11,17-18H,4-9,12-15H2,1-3H3/t17-,18+,27?. The Morgan fingerprint density at radius 3 is 2.69 bits per heavy atom. The van der Waals surface area contributed by atoms with E-state index in [1.165, 1.54) is 6.20 Å². The molecular formula is C27H33ClF2N6O3. The van der Waals surface area contributed by atoms with Gasteiger partial charge in [0.05, 0.1) is 29.3 Å². The molecule has 4 aliphatic rings. The van der Waals surface area contributed by atoms with Crippen molar-refractivity contribution in [1.29, 1.82) is 0 Å². The Morgan fingerprint density at radius 2 is 2.00 bits per heavy atom. The van der Waals surface area contributed by atoms with Crippen LogP contribution in [-0.4, -0.2) is 86.9 Å². The van der Waals surface area contributed by atoms with E-state index in [-0.39, 0.29) is 47.0 Å². The second-order valence-electron chi connectivity index (χ2n) is 12.1. The third-order valence-corrected chi connectivity index (χ3v) is 8.57. The molecule has 39 heavy (non-hydrogen) atoms. The lowest BCUT2D eigenvalue weighted by atomic mass is 9.94. The van der Waals surface area contributed by atoms with Gasteiger partial charge in [0.1, 0.15) is 23.5 Å². The van der Waals surface area contributed by atoms with Crippen molar-refractivity contribution in [2.75, 3.05) is 37.7 Å². The van der Waals surface area contributed by atoms with E-state index in [1.54, 1.807) is 0 Å². The number of amides is 1. The van der Waals surface area contributed by atoms with Gasteiger partial charge in [-0.15, -0.1) is 0 Å². The second kappa shape index (κ2) is 9.69. The van der Waals surface area contributed by atoms with Crippen molar-refractivity contribution in [3.8, 4) is 6.01 Å². The van der Waals surface area contributed by atoms with Crippen LogP contribution in [-0.2, 0) is 4.74 Å². The quantitative estimate of drug-likeness (QED) is 0.488. The van der Waals surface area contributed by atoms with E-state index in [1.807, 2.05) is 25.7 Å². The number of aromatic nitrogens is 3. The van der Waals surface area contributed by atoms with E-state index < -0.39 is 11.4 Å². The van der Waals surface area contributed by atoms with Gasteiger partial charge < -0.3 is 14.4 Å². The highest BCUT2D eigenvalue weighted by Gasteiger charge is 2.48. The largest absolute Gasteiger partial charge is 0.461 e. The fourth-order valence-electron chi connectivity index (χ4n) is 6.64. The number of rotatable bonds is 4. The predicted octanol–water partition coefficient (Wildman–Crippen LogP) is 4.88. The lowest BCUT2D eigenvalue weighted by Gasteiger charge is -2.42. The summed E-state index contributed by atoms with van der Waals surface area (Å²) in [5.41, 5.74) is -0.114. The van der Waals surface area contributed by atoms with E-state index >= 15 is 4.39 Å². The number of piperazine rings is 1. The summed E-state index contributed by atoms with van der Waals surface area (Å²) in [7, 11) is 0. The molecule has 0 saturated carbocycles. The highest BCUT2D eigenvalue weighted by molar-refractivity contribution is 6.30. The SMILES string of the molecule is CC(C)(C)OC(=O)N1[C@@H]2CC[C@H]1CN(c1nc(OCC34CCCN3CC(=CF)C4)nc3c(F)c(Cl)ncc13)C2. The number of nitrogens with zero attached hydrogens (tertiary/aromatic N) is 6. The summed E-state index contributed by atoms with van der Waals surface area (Å²) < 4.78 is 40.3. The second-order valence-corrected chi connectivity index (χ2v) is 12.5. The maximum Gasteiger partial charge on any atom is 0.410 e. The Bertz CT molecular complexity index is 1320. The highest BCUT2D eigenvalue weighted by atomic mass is 35.5. The third kappa shape index (κ3) is 4.77. The summed E-state index contributed by atoms with van der Waals surface area (Å²) in [6.45, 7) is 8.32. The number of hydrogen-bond acceptors (Lipinski definition) is 8. The molecule has 2 aromatic rings. The third-order valence-electron chi connectivity index (χ3n) is 8.30. The molecule has 1 unspecified atom stereocenters. The normalized spacial score (nSPS) is 28.0. The molecule has 1 amide bonds. The Morgan fingerprint density at radius 1 is 1.26 bits per heavy atom. The summed E-state index contributed by atoms with van der Waals surface area (Å²) in [6.07, 6.45) is 6.02. The Labute approximate surface area is 231 Å². The van der Waals surface area contributed by atoms with E-state index in [0.29, 0.717) is 43.6 Å². The van der Waals surface area contributed by atoms with E-state index in [9.17, 15) is 9.18 Å². The van der Waals surface area contributed by atoms with Crippen molar-refractivity contribution in [2.45, 2.75) is 76.1 Å². The Balaban J connectivity index is 1.30. The summed E-state index contributed by atoms with van der Waals surface area (Å²) >= 11 is 6.02. The van der Waals surface area contributed by atoms with Crippen molar-refractivity contribution >= 4 is 34.4 Å². The fraction of sp³-hybridized carbons (Fsp3) is 0.630. The number of carbonyl (C=O) groups is 1. The van der Waals surface area contributed by atoms with Crippen LogP contribution in [0.4, 0.5) is 19.4 Å². The zero-order chi connectivity index (χ0) is 27.5. The summed E-state index contributed by atoms with van der Waals surface area (Å²) in [5.74, 6) is -0.238. The van der Waals surface area contributed by atoms with Crippen LogP contribution >= 0.6 is 11.6 Å². The smallest absolute Gasteiger partial charge is 0.410 e. The predicted molar refractivity (Wildman–Crippen MR) is 142 cm³/mol. The van der Waals surface area contributed by atoms with Crippen LogP contribution in [0.25, 0.3) is 10.9 Å². The highest BCUT2D eigenvalue weighted by Crippen LogP contribution is 2.42. The average Bonchev–Trinajstić information content (AvgIpc) is 3.52. The molecule has 0 aliphatic carbocycles. The Hall–Kier alpha value is -2.79. The molecule has 6 rings (SSSR count). The monoisotopic (exact) mass is 562 g/mol. The van der Waals surface area contributed by atoms with Gasteiger partial charge in [0, 0.05) is 25.8 Å². The van der Waals surface area contributed by atoms with Gasteiger partial charge in [0.2, 0.25) is 0 Å². The number of halogens is 3. The molecule has 6 heterocycles. The zero-order valence-electron chi connectivity index (χ0n) is 22.4. The number of ether oxygens (including phenoxy) is 2. The lowest BCUT2D eigenvalue weighted by molar-refractivity contribution is 0.0122. The zero-order valence-corrected chi connectivity index (χ0v) is 23.2. The van der Waals surface area contributed by atoms with Crippen LogP contribution in [0.3, 0.4) is 0 Å². The van der Waals surface area contributed by atoms with Gasteiger partial charge in [-0.25, -0.2) is 18.6 Å². The van der Waals surface area contributed by atoms with Gasteiger partial charge in [0.15, 0.2) is 11.0 Å². The maximum atomic E-state index is 15.2. The van der Waals surface area contributed by atoms with Gasteiger partial charge in [-0.05, 0) is 65.0 Å². The number of hydrogen-bond donors (Lipinski definition) is 0. The van der Waals surface area contributed by atoms with Crippen molar-refractivity contribution in [2.24, 2.45) is 0 Å². The van der Waals surface area contributed by atoms with Gasteiger partial charge >= 0.3 is 12.1 Å². The van der Waals surface area contributed by atoms with Crippen molar-refractivity contribution in [3.63, 3.8) is 0 Å². The van der Waals surface area contributed by atoms with Crippen LogP contribution in [0.5, 0.6) is 6.01 Å². The summed E-state index contributed by atoms with van der Waals surface area (Å²) in [5, 5.41) is 0.153. The van der Waals surface area contributed by atoms with E-state index in [0.717, 1.165) is 37.8 Å². The first-order valence-electron chi connectivity index (χ1n) is 13.5. The van der Waals surface area contributed by atoms with Crippen LogP contribution < -0.4 is 9.64 Å². The lowest BCUT2D eigenvalue weighted by Crippen LogP contribution is -2.57. The first-order chi connectivity index (χ1) is 18.6. The van der Waals surface area contributed by atoms with Gasteiger partial charge in [-0.1, -0.05) is 11.6 Å². The fourth-order valence-corrected chi connectivity index (χ4v) is 6.78. The van der Waals surface area contributed by atoms with Crippen LogP contribution in [0.1, 0.15) is 52.9 Å². The summed E-state index contributed by atoms with van der Waals surface area (Å²) in [6, 6.07) is -0.0821. The molecule has 0 aromatic carbocycles. The minimum atomic E-state index is -0.734. The van der Waals surface area contributed by atoms with Crippen LogP contribution in [0.2, 0.25) is 5.15 Å². The molecule has 12 heteroatoms. The van der Waals surface area contributed by atoms with Gasteiger partial charge in [0.25, 0.3) is 0 Å². The number of pyridine rings is 1. The van der Waals surface area contributed by atoms with E-state index in [2.05, 4.69) is 19.8 Å². The molecule has 0 N–H and O–H groups in total. The number of carbonyl (C=O) groups excluding carboxylic acids is 1. The molecule has 4 aliphatic heterocycles. The first kappa shape index (κ1) is 26.4. The molecule has 4 fully saturated rings. The van der Waals surface area contributed by atoms with Crippen molar-refractivity contribution in [3.05, 3.63) is 29.1 Å². The number of fused-ring (bicyclic) bond motifs is 4. The average molecular weight is 563 g/mol.